The van der Waals surface area contributed by atoms with Crippen molar-refractivity contribution in [1.82, 2.24) is 4.57 Å². The third kappa shape index (κ3) is 5.66. The van der Waals surface area contributed by atoms with Gasteiger partial charge in [0.15, 0.2) is 0 Å². The molecule has 0 amide bonds. The van der Waals surface area contributed by atoms with E-state index in [1.165, 1.54) is 83.0 Å². The van der Waals surface area contributed by atoms with Gasteiger partial charge in [-0.15, -0.1) is 0 Å². The lowest BCUT2D eigenvalue weighted by molar-refractivity contribution is 0.632. The summed E-state index contributed by atoms with van der Waals surface area (Å²) >= 11 is 0. The molecule has 1 aliphatic carbocycles. The second-order valence-electron chi connectivity index (χ2n) is 18.8. The number of anilines is 3. The molecule has 0 saturated heterocycles. The highest BCUT2D eigenvalue weighted by atomic mass is 16.3. The van der Waals surface area contributed by atoms with E-state index in [4.69, 9.17) is 8.83 Å². The van der Waals surface area contributed by atoms with E-state index in [-0.39, 0.29) is 5.41 Å². The number of hydrogen-bond donors (Lipinski definition) is 0. The van der Waals surface area contributed by atoms with Crippen molar-refractivity contribution in [3.8, 4) is 22.3 Å². The first kappa shape index (κ1) is 38.0. The highest BCUT2D eigenvalue weighted by Gasteiger charge is 2.37. The molecular weight excluding hydrogens is 817 g/mol. The Hall–Kier alpha value is -8.34. The van der Waals surface area contributed by atoms with Gasteiger partial charge in [0, 0.05) is 60.2 Å². The average Bonchev–Trinajstić information content (AvgIpc) is 4.06. The number of hydrogen-bond acceptors (Lipinski definition) is 3. The molecule has 0 N–H and O–H groups in total. The molecule has 14 rings (SSSR count). The van der Waals surface area contributed by atoms with Crippen LogP contribution >= 0.6 is 0 Å². The maximum atomic E-state index is 6.45. The van der Waals surface area contributed by atoms with E-state index in [0.29, 0.717) is 0 Å². The molecule has 318 valence electrons. The van der Waals surface area contributed by atoms with Crippen molar-refractivity contribution in [3.05, 3.63) is 223 Å². The summed E-state index contributed by atoms with van der Waals surface area (Å²) in [5.41, 5.74) is 20.6. The summed E-state index contributed by atoms with van der Waals surface area (Å²) in [6.45, 7) is 4.74. The number of para-hydroxylation sites is 6. The molecule has 0 unspecified atom stereocenters. The molecule has 3 aromatic heterocycles. The largest absolute Gasteiger partial charge is 0.455 e. The van der Waals surface area contributed by atoms with E-state index in [1.54, 1.807) is 0 Å². The highest BCUT2D eigenvalue weighted by Crippen LogP contribution is 2.53. The summed E-state index contributed by atoms with van der Waals surface area (Å²) in [6, 6.07) is 70.5. The van der Waals surface area contributed by atoms with E-state index in [9.17, 15) is 0 Å². The number of fused-ring (bicyclic) bond motifs is 11. The Morgan fingerprint density at radius 3 is 1.75 bits per heavy atom. The van der Waals surface area contributed by atoms with Crippen molar-refractivity contribution in [3.63, 3.8) is 0 Å². The standard InChI is InChI=1S/C63H44N2O2/c1-63(2)53-20-6-8-22-57(53)65(44-33-27-40(28-34-44)46-17-12-19-51-49-15-5-10-24-60(49)67-62(46)51)58-36-30-42(38-54(58)63)41-29-35-56-52(37-41)47-13-3-7-21-55(47)64(56)43-31-25-39(26-32-43)45-16-11-18-50-48-14-4-9-23-59(48)66-61(45)50/h3-25,27-31,33-38H,26,32H2,1-2H3. The summed E-state index contributed by atoms with van der Waals surface area (Å²) in [7, 11) is 0. The fraction of sp³-hybridized carbons (Fsp3) is 0.0794. The van der Waals surface area contributed by atoms with Gasteiger partial charge in [0.05, 0.1) is 22.4 Å². The maximum absolute atomic E-state index is 6.45. The van der Waals surface area contributed by atoms with Crippen LogP contribution in [0, 0.1) is 0 Å². The Labute approximate surface area is 387 Å². The van der Waals surface area contributed by atoms with Crippen LogP contribution in [-0.4, -0.2) is 4.57 Å². The molecule has 0 spiro atoms. The monoisotopic (exact) mass is 860 g/mol. The summed E-state index contributed by atoms with van der Waals surface area (Å²) in [4.78, 5) is 2.44. The predicted molar refractivity (Wildman–Crippen MR) is 280 cm³/mol. The minimum Gasteiger partial charge on any atom is -0.455 e. The zero-order valence-electron chi connectivity index (χ0n) is 37.3. The van der Waals surface area contributed by atoms with Gasteiger partial charge in [-0.05, 0) is 113 Å². The van der Waals surface area contributed by atoms with Crippen molar-refractivity contribution in [1.29, 1.82) is 0 Å². The van der Waals surface area contributed by atoms with Crippen molar-refractivity contribution in [2.24, 2.45) is 0 Å². The van der Waals surface area contributed by atoms with Crippen LogP contribution in [0.5, 0.6) is 0 Å². The van der Waals surface area contributed by atoms with Gasteiger partial charge in [-0.25, -0.2) is 0 Å². The maximum Gasteiger partial charge on any atom is 0.143 e. The molecule has 4 heterocycles. The molecule has 0 radical (unpaired) electrons. The number of aromatic nitrogens is 1. The summed E-state index contributed by atoms with van der Waals surface area (Å²) in [6.07, 6.45) is 6.49. The van der Waals surface area contributed by atoms with Gasteiger partial charge in [0.25, 0.3) is 0 Å². The van der Waals surface area contributed by atoms with Crippen LogP contribution < -0.4 is 4.90 Å². The van der Waals surface area contributed by atoms with Gasteiger partial charge in [-0.2, -0.15) is 0 Å². The van der Waals surface area contributed by atoms with Crippen LogP contribution in [0.3, 0.4) is 0 Å². The Morgan fingerprint density at radius 1 is 0.418 bits per heavy atom. The number of allylic oxidation sites excluding steroid dienone is 4. The van der Waals surface area contributed by atoms with Gasteiger partial charge in [0.1, 0.15) is 22.3 Å². The van der Waals surface area contributed by atoms with Crippen molar-refractivity contribution < 1.29 is 8.83 Å². The molecule has 4 nitrogen and oxygen atoms in total. The molecule has 2 aliphatic rings. The lowest BCUT2D eigenvalue weighted by atomic mass is 9.73. The summed E-state index contributed by atoms with van der Waals surface area (Å²) in [5, 5.41) is 7.15. The zero-order chi connectivity index (χ0) is 44.4. The van der Waals surface area contributed by atoms with Crippen LogP contribution in [0.15, 0.2) is 215 Å². The molecule has 67 heavy (non-hydrogen) atoms. The van der Waals surface area contributed by atoms with E-state index < -0.39 is 0 Å². The first-order valence-corrected chi connectivity index (χ1v) is 23.4. The van der Waals surface area contributed by atoms with E-state index in [1.807, 2.05) is 18.2 Å². The van der Waals surface area contributed by atoms with Crippen molar-refractivity contribution >= 4 is 94.0 Å². The summed E-state index contributed by atoms with van der Waals surface area (Å²) in [5.74, 6) is 0. The number of benzene rings is 9. The Kier molecular flexibility index (Phi) is 8.12. The number of nitrogens with zero attached hydrogens (tertiary/aromatic N) is 2. The lowest BCUT2D eigenvalue weighted by Gasteiger charge is -2.42. The SMILES string of the molecule is CC1(C)c2ccccc2N(c2ccc(-c3cccc4c3oc3ccccc34)cc2)c2ccc(-c3ccc4c(c3)c3ccccc3n4C3=CC=C(c4cccc5c4oc4ccccc45)CC3)cc21. The van der Waals surface area contributed by atoms with Gasteiger partial charge in [-0.3, -0.25) is 0 Å². The third-order valence-corrected chi connectivity index (χ3v) is 14.7. The molecule has 1 aliphatic heterocycles. The smallest absolute Gasteiger partial charge is 0.143 e. The second-order valence-corrected chi connectivity index (χ2v) is 18.8. The molecular formula is C63H44N2O2. The average molecular weight is 861 g/mol. The van der Waals surface area contributed by atoms with Crippen LogP contribution in [0.1, 0.15) is 43.4 Å². The minimum absolute atomic E-state index is 0.231. The minimum atomic E-state index is -0.231. The van der Waals surface area contributed by atoms with E-state index in [2.05, 4.69) is 211 Å². The van der Waals surface area contributed by atoms with E-state index >= 15 is 0 Å². The van der Waals surface area contributed by atoms with Gasteiger partial charge < -0.3 is 18.3 Å². The van der Waals surface area contributed by atoms with Crippen LogP contribution in [-0.2, 0) is 5.41 Å². The Morgan fingerprint density at radius 2 is 1.00 bits per heavy atom. The molecule has 0 saturated carbocycles. The van der Waals surface area contributed by atoms with Gasteiger partial charge >= 0.3 is 0 Å². The Bertz CT molecular complexity index is 4080. The van der Waals surface area contributed by atoms with Crippen LogP contribution in [0.4, 0.5) is 17.1 Å². The molecule has 4 heteroatoms. The van der Waals surface area contributed by atoms with E-state index in [0.717, 1.165) is 62.8 Å². The highest BCUT2D eigenvalue weighted by molar-refractivity contribution is 6.13. The normalized spacial score (nSPS) is 14.6. The molecule has 0 atom stereocenters. The first-order valence-electron chi connectivity index (χ1n) is 23.4. The fourth-order valence-corrected chi connectivity index (χ4v) is 11.4. The molecule has 0 fully saturated rings. The first-order chi connectivity index (χ1) is 33.0. The van der Waals surface area contributed by atoms with Crippen LogP contribution in [0.25, 0.3) is 99.2 Å². The quantitative estimate of drug-likeness (QED) is 0.173. The second kappa shape index (κ2) is 14.3. The Balaban J connectivity index is 0.840. The lowest BCUT2D eigenvalue weighted by Crippen LogP contribution is -2.30. The van der Waals surface area contributed by atoms with Gasteiger partial charge in [0.2, 0.25) is 0 Å². The summed E-state index contributed by atoms with van der Waals surface area (Å²) < 4.78 is 15.4. The molecule has 0 bridgehead atoms. The topological polar surface area (TPSA) is 34.5 Å². The number of furan rings is 2. The molecule has 9 aromatic carbocycles. The molecule has 12 aromatic rings. The fourth-order valence-electron chi connectivity index (χ4n) is 11.4. The van der Waals surface area contributed by atoms with Crippen molar-refractivity contribution in [2.45, 2.75) is 32.1 Å². The van der Waals surface area contributed by atoms with Crippen LogP contribution in [0.2, 0.25) is 0 Å². The number of rotatable bonds is 5. The zero-order valence-corrected chi connectivity index (χ0v) is 37.3. The van der Waals surface area contributed by atoms with Gasteiger partial charge in [-0.1, -0.05) is 153 Å². The predicted octanol–water partition coefficient (Wildman–Crippen LogP) is 17.8. The third-order valence-electron chi connectivity index (χ3n) is 14.7. The van der Waals surface area contributed by atoms with Crippen molar-refractivity contribution in [2.75, 3.05) is 4.90 Å².